The van der Waals surface area contributed by atoms with Gasteiger partial charge in [0.15, 0.2) is 0 Å². The molecule has 1 aromatic rings. The molecule has 3 nitrogen and oxygen atoms in total. The molecule has 0 aromatic heterocycles. The van der Waals surface area contributed by atoms with Crippen LogP contribution in [0.5, 0.6) is 5.75 Å². The summed E-state index contributed by atoms with van der Waals surface area (Å²) in [6, 6.07) is 5.99. The minimum atomic E-state index is 0.100. The number of methoxy groups -OCH3 is 1. The number of carbonyl (C=O) groups excluding carboxylic acids is 1. The average molecular weight is 331 g/mol. The summed E-state index contributed by atoms with van der Waals surface area (Å²) in [6.07, 6.45) is 2.27. The number of rotatable bonds is 3. The number of hydrogen-bond donors (Lipinski definition) is 0. The van der Waals surface area contributed by atoms with Crippen LogP contribution < -0.4 is 4.74 Å². The summed E-state index contributed by atoms with van der Waals surface area (Å²) in [5, 5.41) is 0. The van der Waals surface area contributed by atoms with E-state index in [1.165, 1.54) is 0 Å². The maximum Gasteiger partial charge on any atom is 0.253 e. The second-order valence-electron chi connectivity index (χ2n) is 4.00. The summed E-state index contributed by atoms with van der Waals surface area (Å²) in [7, 11) is 3.51. The Kier molecular flexibility index (Phi) is 3.37. The van der Waals surface area contributed by atoms with Gasteiger partial charge < -0.3 is 9.64 Å². The molecule has 16 heavy (non-hydrogen) atoms. The first-order valence-electron chi connectivity index (χ1n) is 5.24. The number of carbonyl (C=O) groups is 1. The topological polar surface area (TPSA) is 29.5 Å². The normalized spacial score (nSPS) is 14.7. The molecule has 0 N–H and O–H groups in total. The Morgan fingerprint density at radius 3 is 2.69 bits per heavy atom. The van der Waals surface area contributed by atoms with Crippen molar-refractivity contribution in [2.24, 2.45) is 0 Å². The Hall–Kier alpha value is -0.780. The lowest BCUT2D eigenvalue weighted by molar-refractivity contribution is 0.0785. The van der Waals surface area contributed by atoms with Crippen molar-refractivity contribution < 1.29 is 9.53 Å². The summed E-state index contributed by atoms with van der Waals surface area (Å²) in [6.45, 7) is 0. The highest BCUT2D eigenvalue weighted by molar-refractivity contribution is 14.1. The second-order valence-corrected chi connectivity index (χ2v) is 5.16. The van der Waals surface area contributed by atoms with E-state index in [9.17, 15) is 4.79 Å². The fraction of sp³-hybridized carbons (Fsp3) is 0.417. The smallest absolute Gasteiger partial charge is 0.253 e. The molecule has 2 rings (SSSR count). The van der Waals surface area contributed by atoms with E-state index in [1.54, 1.807) is 7.11 Å². The van der Waals surface area contributed by atoms with Crippen LogP contribution in [0.25, 0.3) is 0 Å². The van der Waals surface area contributed by atoms with E-state index in [0.717, 1.165) is 27.7 Å². The maximum atomic E-state index is 12.1. The molecule has 1 aliphatic rings. The van der Waals surface area contributed by atoms with Crippen LogP contribution in [-0.2, 0) is 0 Å². The van der Waals surface area contributed by atoms with Gasteiger partial charge in [0.2, 0.25) is 0 Å². The molecular formula is C12H14INO2. The van der Waals surface area contributed by atoms with Crippen molar-refractivity contribution in [2.45, 2.75) is 18.9 Å². The van der Waals surface area contributed by atoms with E-state index in [-0.39, 0.29) is 5.91 Å². The Bertz CT molecular complexity index is 415. The van der Waals surface area contributed by atoms with Crippen LogP contribution in [0.3, 0.4) is 0 Å². The van der Waals surface area contributed by atoms with Crippen molar-refractivity contribution in [3.05, 3.63) is 27.3 Å². The van der Waals surface area contributed by atoms with Gasteiger partial charge in [0.1, 0.15) is 5.75 Å². The van der Waals surface area contributed by atoms with Crippen LogP contribution in [0.4, 0.5) is 0 Å². The molecule has 4 heteroatoms. The van der Waals surface area contributed by atoms with Gasteiger partial charge in [-0.05, 0) is 53.6 Å². The van der Waals surface area contributed by atoms with E-state index in [1.807, 2.05) is 30.1 Å². The third-order valence-electron chi connectivity index (χ3n) is 2.81. The SMILES string of the molecule is COc1ccc(C(=O)N(C)C2CC2)cc1I. The quantitative estimate of drug-likeness (QED) is 0.797. The van der Waals surface area contributed by atoms with Crippen LogP contribution in [-0.4, -0.2) is 31.0 Å². The zero-order valence-electron chi connectivity index (χ0n) is 9.37. The zero-order valence-corrected chi connectivity index (χ0v) is 11.5. The molecule has 0 atom stereocenters. The standard InChI is InChI=1S/C12H14INO2/c1-14(9-4-5-9)12(15)8-3-6-11(16-2)10(13)7-8/h3,6-7,9H,4-5H2,1-2H3. The van der Waals surface area contributed by atoms with E-state index in [0.29, 0.717) is 6.04 Å². The fourth-order valence-corrected chi connectivity index (χ4v) is 2.37. The van der Waals surface area contributed by atoms with Gasteiger partial charge in [-0.1, -0.05) is 0 Å². The van der Waals surface area contributed by atoms with Crippen molar-refractivity contribution in [3.63, 3.8) is 0 Å². The Morgan fingerprint density at radius 1 is 1.50 bits per heavy atom. The van der Waals surface area contributed by atoms with Crippen molar-refractivity contribution in [1.82, 2.24) is 4.90 Å². The molecule has 1 aromatic carbocycles. The lowest BCUT2D eigenvalue weighted by Crippen LogP contribution is -2.28. The molecule has 0 bridgehead atoms. The predicted molar refractivity (Wildman–Crippen MR) is 70.8 cm³/mol. The monoisotopic (exact) mass is 331 g/mol. The van der Waals surface area contributed by atoms with E-state index >= 15 is 0 Å². The lowest BCUT2D eigenvalue weighted by atomic mass is 10.2. The van der Waals surface area contributed by atoms with Gasteiger partial charge in [-0.15, -0.1) is 0 Å². The molecule has 1 aliphatic carbocycles. The number of halogens is 1. The molecule has 1 fully saturated rings. The van der Waals surface area contributed by atoms with E-state index in [2.05, 4.69) is 22.6 Å². The third kappa shape index (κ3) is 2.31. The molecule has 0 aliphatic heterocycles. The Balaban J connectivity index is 2.20. The summed E-state index contributed by atoms with van der Waals surface area (Å²) < 4.78 is 6.14. The maximum absolute atomic E-state index is 12.1. The van der Waals surface area contributed by atoms with Gasteiger partial charge in [0.05, 0.1) is 10.7 Å². The molecule has 86 valence electrons. The van der Waals surface area contributed by atoms with Crippen LogP contribution in [0.2, 0.25) is 0 Å². The summed E-state index contributed by atoms with van der Waals surface area (Å²) in [5.74, 6) is 0.911. The van der Waals surface area contributed by atoms with Crippen LogP contribution in [0, 0.1) is 3.57 Å². The van der Waals surface area contributed by atoms with Crippen molar-refractivity contribution in [2.75, 3.05) is 14.2 Å². The van der Waals surface area contributed by atoms with Gasteiger partial charge in [0.25, 0.3) is 5.91 Å². The van der Waals surface area contributed by atoms with Crippen LogP contribution in [0.15, 0.2) is 18.2 Å². The van der Waals surface area contributed by atoms with Crippen LogP contribution >= 0.6 is 22.6 Å². The first-order valence-corrected chi connectivity index (χ1v) is 6.32. The molecule has 0 spiro atoms. The van der Waals surface area contributed by atoms with Crippen molar-refractivity contribution in [1.29, 1.82) is 0 Å². The molecule has 0 heterocycles. The van der Waals surface area contributed by atoms with E-state index < -0.39 is 0 Å². The molecule has 0 radical (unpaired) electrons. The first-order chi connectivity index (χ1) is 7.63. The van der Waals surface area contributed by atoms with Crippen molar-refractivity contribution >= 4 is 28.5 Å². The lowest BCUT2D eigenvalue weighted by Gasteiger charge is -2.16. The van der Waals surface area contributed by atoms with Gasteiger partial charge in [-0.2, -0.15) is 0 Å². The number of benzene rings is 1. The Labute approximate surface area is 109 Å². The molecule has 0 unspecified atom stereocenters. The predicted octanol–water partition coefficient (Wildman–Crippen LogP) is 2.53. The minimum absolute atomic E-state index is 0.100. The number of nitrogens with zero attached hydrogens (tertiary/aromatic N) is 1. The molecule has 0 saturated heterocycles. The summed E-state index contributed by atoms with van der Waals surface area (Å²) in [4.78, 5) is 13.9. The van der Waals surface area contributed by atoms with Crippen molar-refractivity contribution in [3.8, 4) is 5.75 Å². The van der Waals surface area contributed by atoms with Gasteiger partial charge in [-0.25, -0.2) is 0 Å². The van der Waals surface area contributed by atoms with Gasteiger partial charge >= 0.3 is 0 Å². The molecule has 1 saturated carbocycles. The molecule has 1 amide bonds. The first kappa shape index (κ1) is 11.7. The summed E-state index contributed by atoms with van der Waals surface area (Å²) >= 11 is 2.18. The number of amides is 1. The third-order valence-corrected chi connectivity index (χ3v) is 3.66. The highest BCUT2D eigenvalue weighted by atomic mass is 127. The zero-order chi connectivity index (χ0) is 11.7. The highest BCUT2D eigenvalue weighted by Crippen LogP contribution is 2.28. The number of ether oxygens (including phenoxy) is 1. The second kappa shape index (κ2) is 4.61. The van der Waals surface area contributed by atoms with Gasteiger partial charge in [0, 0.05) is 18.7 Å². The Morgan fingerprint density at radius 2 is 2.19 bits per heavy atom. The van der Waals surface area contributed by atoms with Crippen LogP contribution in [0.1, 0.15) is 23.2 Å². The fourth-order valence-electron chi connectivity index (χ4n) is 1.63. The molecular weight excluding hydrogens is 317 g/mol. The number of hydrogen-bond acceptors (Lipinski definition) is 2. The average Bonchev–Trinajstić information content (AvgIpc) is 3.11. The minimum Gasteiger partial charge on any atom is -0.496 e. The largest absolute Gasteiger partial charge is 0.496 e. The summed E-state index contributed by atoms with van der Waals surface area (Å²) in [5.41, 5.74) is 0.736. The van der Waals surface area contributed by atoms with E-state index in [4.69, 9.17) is 4.74 Å². The highest BCUT2D eigenvalue weighted by Gasteiger charge is 2.30. The van der Waals surface area contributed by atoms with Gasteiger partial charge in [-0.3, -0.25) is 4.79 Å².